The van der Waals surface area contributed by atoms with E-state index in [-0.39, 0.29) is 18.1 Å². The maximum Gasteiger partial charge on any atom is 0.329 e. The SMILES string of the molecule is CN(C(=O)[C@H](Cc1ccccc1)NC(=O)NS(=O)(=O)c1ccccc1-c1ccsc1)c1ccc2c(c1)OCO2. The Hall–Kier alpha value is -4.35. The molecule has 0 saturated heterocycles. The van der Waals surface area contributed by atoms with Gasteiger partial charge in [0.25, 0.3) is 10.0 Å². The van der Waals surface area contributed by atoms with E-state index in [1.807, 2.05) is 41.1 Å². The highest BCUT2D eigenvalue weighted by atomic mass is 32.2. The molecule has 0 radical (unpaired) electrons. The number of ether oxygens (including phenoxy) is 2. The summed E-state index contributed by atoms with van der Waals surface area (Å²) in [5.74, 6) is 0.641. The molecule has 0 fully saturated rings. The molecule has 1 aliphatic heterocycles. The molecule has 11 heteroatoms. The molecule has 200 valence electrons. The molecule has 3 aromatic carbocycles. The lowest BCUT2D eigenvalue weighted by atomic mass is 10.0. The first-order valence-corrected chi connectivity index (χ1v) is 14.4. The third-order valence-electron chi connectivity index (χ3n) is 6.20. The van der Waals surface area contributed by atoms with Gasteiger partial charge in [0.15, 0.2) is 11.5 Å². The topological polar surface area (TPSA) is 114 Å². The first-order valence-electron chi connectivity index (χ1n) is 12.0. The molecule has 2 heterocycles. The normalized spacial score (nSPS) is 12.9. The number of benzene rings is 3. The van der Waals surface area contributed by atoms with Crippen LogP contribution in [0.15, 0.2) is 94.5 Å². The fourth-order valence-electron chi connectivity index (χ4n) is 4.23. The predicted octanol–water partition coefficient (Wildman–Crippen LogP) is 4.41. The minimum atomic E-state index is -4.25. The van der Waals surface area contributed by atoms with E-state index in [0.717, 1.165) is 11.1 Å². The van der Waals surface area contributed by atoms with Gasteiger partial charge in [-0.15, -0.1) is 0 Å². The minimum Gasteiger partial charge on any atom is -0.454 e. The Balaban J connectivity index is 1.37. The summed E-state index contributed by atoms with van der Waals surface area (Å²) in [5, 5.41) is 6.24. The molecule has 9 nitrogen and oxygen atoms in total. The highest BCUT2D eigenvalue weighted by Gasteiger charge is 2.29. The van der Waals surface area contributed by atoms with Crippen LogP contribution in [0, 0.1) is 0 Å². The molecule has 1 atom stereocenters. The zero-order chi connectivity index (χ0) is 27.4. The van der Waals surface area contributed by atoms with Gasteiger partial charge in [-0.05, 0) is 46.2 Å². The average Bonchev–Trinajstić information content (AvgIpc) is 3.64. The van der Waals surface area contributed by atoms with Gasteiger partial charge in [-0.2, -0.15) is 11.3 Å². The summed E-state index contributed by atoms with van der Waals surface area (Å²) >= 11 is 1.44. The quantitative estimate of drug-likeness (QED) is 0.328. The molecular formula is C28H25N3O6S2. The molecule has 1 aromatic heterocycles. The summed E-state index contributed by atoms with van der Waals surface area (Å²) in [5.41, 5.74) is 2.52. The van der Waals surface area contributed by atoms with Crippen LogP contribution in [0.2, 0.25) is 0 Å². The third kappa shape index (κ3) is 5.89. The van der Waals surface area contributed by atoms with Crippen LogP contribution >= 0.6 is 11.3 Å². The number of nitrogens with one attached hydrogen (secondary N) is 2. The van der Waals surface area contributed by atoms with Crippen LogP contribution in [0.1, 0.15) is 5.56 Å². The Morgan fingerprint density at radius 2 is 1.72 bits per heavy atom. The lowest BCUT2D eigenvalue weighted by Gasteiger charge is -2.25. The van der Waals surface area contributed by atoms with Crippen molar-refractivity contribution in [1.29, 1.82) is 0 Å². The Kier molecular flexibility index (Phi) is 7.53. The summed E-state index contributed by atoms with van der Waals surface area (Å²) in [6.45, 7) is 0.0960. The summed E-state index contributed by atoms with van der Waals surface area (Å²) in [6.07, 6.45) is 0.146. The Bertz CT molecular complexity index is 1590. The Labute approximate surface area is 230 Å². The van der Waals surface area contributed by atoms with Crippen LogP contribution in [0.4, 0.5) is 10.5 Å². The summed E-state index contributed by atoms with van der Waals surface area (Å²) in [6, 6.07) is 20.4. The molecule has 3 amide bonds. The van der Waals surface area contributed by atoms with Gasteiger partial charge in [0.2, 0.25) is 12.7 Å². The van der Waals surface area contributed by atoms with E-state index < -0.39 is 28.0 Å². The second-order valence-corrected chi connectivity index (χ2v) is 11.2. The van der Waals surface area contributed by atoms with Crippen LogP contribution in [-0.2, 0) is 21.2 Å². The first-order chi connectivity index (χ1) is 18.8. The van der Waals surface area contributed by atoms with Crippen LogP contribution in [-0.4, -0.2) is 40.2 Å². The van der Waals surface area contributed by atoms with E-state index in [9.17, 15) is 18.0 Å². The van der Waals surface area contributed by atoms with Gasteiger partial charge in [-0.3, -0.25) is 4.79 Å². The van der Waals surface area contributed by atoms with E-state index in [4.69, 9.17) is 9.47 Å². The average molecular weight is 564 g/mol. The highest BCUT2D eigenvalue weighted by Crippen LogP contribution is 2.35. The number of likely N-dealkylation sites (N-methyl/N-ethyl adjacent to an activating group) is 1. The maximum absolute atomic E-state index is 13.6. The van der Waals surface area contributed by atoms with E-state index >= 15 is 0 Å². The molecule has 2 N–H and O–H groups in total. The predicted molar refractivity (Wildman–Crippen MR) is 149 cm³/mol. The maximum atomic E-state index is 13.6. The molecule has 5 rings (SSSR count). The standard InChI is InChI=1S/C28H25N3O6S2/c1-31(21-11-12-24-25(16-21)37-18-36-24)27(32)23(15-19-7-3-2-4-8-19)29-28(33)30-39(34,35)26-10-6-5-9-22(26)20-13-14-38-17-20/h2-14,16-17,23H,15,18H2,1H3,(H2,29,30,33)/t23-/m0/s1. The van der Waals surface area contributed by atoms with Gasteiger partial charge < -0.3 is 19.7 Å². The van der Waals surface area contributed by atoms with E-state index in [0.29, 0.717) is 22.7 Å². The number of nitrogens with zero attached hydrogens (tertiary/aromatic N) is 1. The first kappa shape index (κ1) is 26.3. The van der Waals surface area contributed by atoms with E-state index in [1.54, 1.807) is 49.5 Å². The van der Waals surface area contributed by atoms with Crippen molar-refractivity contribution >= 4 is 39.0 Å². The molecule has 39 heavy (non-hydrogen) atoms. The van der Waals surface area contributed by atoms with Crippen molar-refractivity contribution in [3.8, 4) is 22.6 Å². The molecule has 0 saturated carbocycles. The lowest BCUT2D eigenvalue weighted by Crippen LogP contribution is -2.52. The number of fused-ring (bicyclic) bond motifs is 1. The third-order valence-corrected chi connectivity index (χ3v) is 8.27. The number of rotatable bonds is 8. The number of urea groups is 1. The number of amides is 3. The van der Waals surface area contributed by atoms with Crippen molar-refractivity contribution in [1.82, 2.24) is 10.0 Å². The van der Waals surface area contributed by atoms with Gasteiger partial charge in [0, 0.05) is 30.8 Å². The number of sulfonamides is 1. The summed E-state index contributed by atoms with van der Waals surface area (Å²) < 4.78 is 39.3. The number of carbonyl (C=O) groups is 2. The van der Waals surface area contributed by atoms with E-state index in [1.165, 1.54) is 22.3 Å². The molecule has 0 spiro atoms. The molecule has 0 aliphatic carbocycles. The summed E-state index contributed by atoms with van der Waals surface area (Å²) in [4.78, 5) is 28.0. The second-order valence-electron chi connectivity index (χ2n) is 8.76. The number of anilines is 1. The van der Waals surface area contributed by atoms with Crippen LogP contribution in [0.3, 0.4) is 0 Å². The Morgan fingerprint density at radius 3 is 2.49 bits per heavy atom. The van der Waals surface area contributed by atoms with Gasteiger partial charge in [-0.1, -0.05) is 48.5 Å². The van der Waals surface area contributed by atoms with Crippen LogP contribution in [0.25, 0.3) is 11.1 Å². The van der Waals surface area contributed by atoms with Gasteiger partial charge >= 0.3 is 6.03 Å². The van der Waals surface area contributed by atoms with Crippen molar-refractivity contribution in [2.45, 2.75) is 17.4 Å². The number of thiophene rings is 1. The van der Waals surface area contributed by atoms with Gasteiger partial charge in [0.05, 0.1) is 4.90 Å². The van der Waals surface area contributed by atoms with Crippen molar-refractivity contribution in [3.63, 3.8) is 0 Å². The fourth-order valence-corrected chi connectivity index (χ4v) is 6.03. The van der Waals surface area contributed by atoms with Crippen LogP contribution in [0.5, 0.6) is 11.5 Å². The van der Waals surface area contributed by atoms with Crippen LogP contribution < -0.4 is 24.4 Å². The molecule has 4 aromatic rings. The molecule has 1 aliphatic rings. The van der Waals surface area contributed by atoms with Crippen molar-refractivity contribution < 1.29 is 27.5 Å². The number of hydrogen-bond acceptors (Lipinski definition) is 7. The smallest absolute Gasteiger partial charge is 0.329 e. The molecule has 0 unspecified atom stereocenters. The van der Waals surface area contributed by atoms with E-state index in [2.05, 4.69) is 10.0 Å². The monoisotopic (exact) mass is 563 g/mol. The highest BCUT2D eigenvalue weighted by molar-refractivity contribution is 7.90. The van der Waals surface area contributed by atoms with Crippen molar-refractivity contribution in [2.75, 3.05) is 18.7 Å². The zero-order valence-corrected chi connectivity index (χ0v) is 22.5. The van der Waals surface area contributed by atoms with Gasteiger partial charge in [-0.25, -0.2) is 17.9 Å². The second kappa shape index (κ2) is 11.2. The largest absolute Gasteiger partial charge is 0.454 e. The number of carbonyl (C=O) groups excluding carboxylic acids is 2. The Morgan fingerprint density at radius 1 is 0.974 bits per heavy atom. The lowest BCUT2D eigenvalue weighted by molar-refractivity contribution is -0.120. The summed E-state index contributed by atoms with van der Waals surface area (Å²) in [7, 11) is -2.68. The molecular weight excluding hydrogens is 538 g/mol. The molecule has 0 bridgehead atoms. The zero-order valence-electron chi connectivity index (χ0n) is 20.9. The number of hydrogen-bond donors (Lipinski definition) is 2. The van der Waals surface area contributed by atoms with Crippen molar-refractivity contribution in [2.24, 2.45) is 0 Å². The fraction of sp³-hybridized carbons (Fsp3) is 0.143. The van der Waals surface area contributed by atoms with Gasteiger partial charge in [0.1, 0.15) is 6.04 Å². The minimum absolute atomic E-state index is 0.0398. The van der Waals surface area contributed by atoms with Crippen molar-refractivity contribution in [3.05, 3.63) is 95.2 Å².